The number of amides is 1. The van der Waals surface area contributed by atoms with Crippen LogP contribution in [0.2, 0.25) is 15.1 Å². The maximum atomic E-state index is 12.5. The first-order valence-corrected chi connectivity index (χ1v) is 8.43. The van der Waals surface area contributed by atoms with Crippen LogP contribution in [0, 0.1) is 0 Å². The molecule has 0 aliphatic carbocycles. The van der Waals surface area contributed by atoms with Crippen LogP contribution < -0.4 is 11.1 Å². The summed E-state index contributed by atoms with van der Waals surface area (Å²) >= 11 is 17.8. The molecule has 0 unspecified atom stereocenters. The third-order valence-corrected chi connectivity index (χ3v) is 4.56. The fourth-order valence-corrected chi connectivity index (χ4v) is 2.83. The summed E-state index contributed by atoms with van der Waals surface area (Å²) in [7, 11) is 0. The molecule has 132 valence electrons. The second-order valence-electron chi connectivity index (χ2n) is 5.35. The van der Waals surface area contributed by atoms with Crippen molar-refractivity contribution in [3.05, 3.63) is 62.6 Å². The third-order valence-electron chi connectivity index (χ3n) is 3.59. The van der Waals surface area contributed by atoms with E-state index >= 15 is 0 Å². The normalized spacial score (nSPS) is 11.8. The van der Waals surface area contributed by atoms with Gasteiger partial charge in [0.15, 0.2) is 0 Å². The van der Waals surface area contributed by atoms with Crippen LogP contribution in [0.3, 0.4) is 0 Å². The Kier molecular flexibility index (Phi) is 6.67. The smallest absolute Gasteiger partial charge is 0.304 e. The van der Waals surface area contributed by atoms with Gasteiger partial charge in [-0.1, -0.05) is 40.9 Å². The zero-order valence-electron chi connectivity index (χ0n) is 12.9. The van der Waals surface area contributed by atoms with E-state index in [1.54, 1.807) is 18.2 Å². The van der Waals surface area contributed by atoms with Gasteiger partial charge in [-0.2, -0.15) is 0 Å². The Labute approximate surface area is 159 Å². The molecule has 2 rings (SSSR count). The summed E-state index contributed by atoms with van der Waals surface area (Å²) in [5.41, 5.74) is 7.01. The lowest BCUT2D eigenvalue weighted by Crippen LogP contribution is -2.20. The number of carbonyl (C=O) groups excluding carboxylic acids is 1. The second kappa shape index (κ2) is 8.54. The number of nitrogens with two attached hydrogens (primary N) is 1. The van der Waals surface area contributed by atoms with E-state index in [1.807, 2.05) is 0 Å². The zero-order chi connectivity index (χ0) is 18.6. The first-order valence-electron chi connectivity index (χ1n) is 7.29. The van der Waals surface area contributed by atoms with Crippen molar-refractivity contribution < 1.29 is 14.7 Å². The summed E-state index contributed by atoms with van der Waals surface area (Å²) in [6.45, 7) is 0.115. The first kappa shape index (κ1) is 19.5. The molecule has 25 heavy (non-hydrogen) atoms. The highest BCUT2D eigenvalue weighted by molar-refractivity contribution is 6.42. The van der Waals surface area contributed by atoms with E-state index in [1.165, 1.54) is 18.2 Å². The molecule has 4 N–H and O–H groups in total. The van der Waals surface area contributed by atoms with Crippen LogP contribution in [0.5, 0.6) is 0 Å². The van der Waals surface area contributed by atoms with E-state index in [0.29, 0.717) is 26.9 Å². The van der Waals surface area contributed by atoms with Crippen molar-refractivity contribution in [2.45, 2.75) is 12.3 Å². The summed E-state index contributed by atoms with van der Waals surface area (Å²) in [6, 6.07) is 9.33. The predicted molar refractivity (Wildman–Crippen MR) is 99.9 cm³/mol. The van der Waals surface area contributed by atoms with E-state index in [0.717, 1.165) is 0 Å². The standard InChI is InChI=1S/C17H15Cl3N2O3/c18-11-2-3-12(10(8-21)6-16(23)24)15(7-11)22-17(25)9-1-4-13(19)14(20)5-9/h1-5,7,10H,6,8,21H2,(H,22,25)(H,23,24)/t10-/m0/s1. The lowest BCUT2D eigenvalue weighted by Gasteiger charge is -2.18. The fourth-order valence-electron chi connectivity index (χ4n) is 2.36. The van der Waals surface area contributed by atoms with Crippen LogP contribution in [-0.4, -0.2) is 23.5 Å². The van der Waals surface area contributed by atoms with Crippen molar-refractivity contribution in [1.29, 1.82) is 0 Å². The third kappa shape index (κ3) is 5.09. The number of carboxylic acids is 1. The number of carboxylic acid groups (broad SMARTS) is 1. The number of hydrogen-bond acceptors (Lipinski definition) is 3. The van der Waals surface area contributed by atoms with E-state index in [2.05, 4.69) is 5.32 Å². The minimum atomic E-state index is -0.979. The number of nitrogens with one attached hydrogen (secondary N) is 1. The van der Waals surface area contributed by atoms with Gasteiger partial charge in [0.1, 0.15) is 0 Å². The highest BCUT2D eigenvalue weighted by Gasteiger charge is 2.19. The molecule has 0 saturated heterocycles. The van der Waals surface area contributed by atoms with Gasteiger partial charge in [-0.3, -0.25) is 9.59 Å². The van der Waals surface area contributed by atoms with Gasteiger partial charge >= 0.3 is 5.97 Å². The monoisotopic (exact) mass is 400 g/mol. The molecule has 0 aliphatic heterocycles. The quantitative estimate of drug-likeness (QED) is 0.668. The van der Waals surface area contributed by atoms with E-state index in [4.69, 9.17) is 45.6 Å². The van der Waals surface area contributed by atoms with Gasteiger partial charge in [-0.25, -0.2) is 0 Å². The summed E-state index contributed by atoms with van der Waals surface area (Å²) in [6.07, 6.45) is -0.159. The van der Waals surface area contributed by atoms with Crippen LogP contribution in [0.4, 0.5) is 5.69 Å². The van der Waals surface area contributed by atoms with Crippen LogP contribution in [0.1, 0.15) is 28.3 Å². The zero-order valence-corrected chi connectivity index (χ0v) is 15.2. The van der Waals surface area contributed by atoms with Crippen LogP contribution in [-0.2, 0) is 4.79 Å². The maximum absolute atomic E-state index is 12.5. The first-order chi connectivity index (χ1) is 11.8. The number of aliphatic carboxylic acids is 1. The number of rotatable bonds is 6. The Morgan fingerprint density at radius 2 is 1.80 bits per heavy atom. The van der Waals surface area contributed by atoms with Crippen molar-refractivity contribution in [3.8, 4) is 0 Å². The van der Waals surface area contributed by atoms with E-state index < -0.39 is 17.8 Å². The number of benzene rings is 2. The summed E-state index contributed by atoms with van der Waals surface area (Å²) < 4.78 is 0. The molecule has 2 aromatic rings. The number of halogens is 3. The average molecular weight is 402 g/mol. The van der Waals surface area contributed by atoms with Crippen molar-refractivity contribution in [2.75, 3.05) is 11.9 Å². The number of hydrogen-bond donors (Lipinski definition) is 3. The topological polar surface area (TPSA) is 92.4 Å². The van der Waals surface area contributed by atoms with Crippen molar-refractivity contribution >= 4 is 52.4 Å². The lowest BCUT2D eigenvalue weighted by molar-refractivity contribution is -0.137. The Hall–Kier alpha value is -1.79. The van der Waals surface area contributed by atoms with Gasteiger partial charge in [-0.15, -0.1) is 0 Å². The highest BCUT2D eigenvalue weighted by atomic mass is 35.5. The van der Waals surface area contributed by atoms with Crippen molar-refractivity contribution in [3.63, 3.8) is 0 Å². The molecular formula is C17H15Cl3N2O3. The molecule has 1 atom stereocenters. The molecule has 0 saturated carbocycles. The Balaban J connectivity index is 2.34. The lowest BCUT2D eigenvalue weighted by atomic mass is 9.94. The SMILES string of the molecule is NC[C@H](CC(=O)O)c1ccc(Cl)cc1NC(=O)c1ccc(Cl)c(Cl)c1. The van der Waals surface area contributed by atoms with E-state index in [-0.39, 0.29) is 18.0 Å². The molecule has 0 aliphatic rings. The number of carbonyl (C=O) groups is 2. The molecule has 8 heteroatoms. The van der Waals surface area contributed by atoms with Crippen molar-refractivity contribution in [2.24, 2.45) is 5.73 Å². The molecule has 1 amide bonds. The molecule has 0 bridgehead atoms. The van der Waals surface area contributed by atoms with Crippen LogP contribution >= 0.6 is 34.8 Å². The maximum Gasteiger partial charge on any atom is 0.304 e. The molecule has 0 radical (unpaired) electrons. The van der Waals surface area contributed by atoms with Crippen LogP contribution in [0.25, 0.3) is 0 Å². The van der Waals surface area contributed by atoms with Gasteiger partial charge in [0, 0.05) is 22.2 Å². The summed E-state index contributed by atoms with van der Waals surface area (Å²) in [4.78, 5) is 23.5. The van der Waals surface area contributed by atoms with E-state index in [9.17, 15) is 9.59 Å². The minimum absolute atomic E-state index is 0.115. The van der Waals surface area contributed by atoms with Gasteiger partial charge in [0.2, 0.25) is 0 Å². The molecule has 0 aromatic heterocycles. The Morgan fingerprint density at radius 1 is 1.08 bits per heavy atom. The largest absolute Gasteiger partial charge is 0.481 e. The minimum Gasteiger partial charge on any atom is -0.481 e. The Bertz CT molecular complexity index is 812. The highest BCUT2D eigenvalue weighted by Crippen LogP contribution is 2.30. The molecular weight excluding hydrogens is 387 g/mol. The fraction of sp³-hybridized carbons (Fsp3) is 0.176. The molecule has 2 aromatic carbocycles. The summed E-state index contributed by atoms with van der Waals surface area (Å²) in [5, 5.41) is 12.8. The van der Waals surface area contributed by atoms with Crippen LogP contribution in [0.15, 0.2) is 36.4 Å². The van der Waals surface area contributed by atoms with Gasteiger partial charge < -0.3 is 16.2 Å². The van der Waals surface area contributed by atoms with Gasteiger partial charge in [0.05, 0.1) is 16.5 Å². The van der Waals surface area contributed by atoms with Gasteiger partial charge in [0.25, 0.3) is 5.91 Å². The molecule has 0 spiro atoms. The van der Waals surface area contributed by atoms with Gasteiger partial charge in [-0.05, 0) is 42.4 Å². The predicted octanol–water partition coefficient (Wildman–Crippen LogP) is 4.42. The molecule has 0 fully saturated rings. The number of anilines is 1. The van der Waals surface area contributed by atoms with Crippen molar-refractivity contribution in [1.82, 2.24) is 0 Å². The molecule has 0 heterocycles. The Morgan fingerprint density at radius 3 is 2.40 bits per heavy atom. The second-order valence-corrected chi connectivity index (χ2v) is 6.60. The average Bonchev–Trinajstić information content (AvgIpc) is 2.55. The summed E-state index contributed by atoms with van der Waals surface area (Å²) in [5.74, 6) is -1.86. The molecule has 5 nitrogen and oxygen atoms in total.